The quantitative estimate of drug-likeness (QED) is 0.606. The Morgan fingerprint density at radius 1 is 1.22 bits per heavy atom. The summed E-state index contributed by atoms with van der Waals surface area (Å²) in [4.78, 5) is 11.7. The molecule has 2 N–H and O–H groups in total. The predicted octanol–water partition coefficient (Wildman–Crippen LogP) is 0.932. The molecule has 108 valence electrons. The molecule has 0 aromatic heterocycles. The van der Waals surface area contributed by atoms with Gasteiger partial charge in [0.15, 0.2) is 0 Å². The van der Waals surface area contributed by atoms with Crippen molar-refractivity contribution in [3.8, 4) is 0 Å². The summed E-state index contributed by atoms with van der Waals surface area (Å²) in [5, 5.41) is 6.11. The Morgan fingerprint density at radius 2 is 1.89 bits per heavy atom. The Hall–Kier alpha value is -0.650. The maximum Gasteiger partial charge on any atom is 0.237 e. The van der Waals surface area contributed by atoms with Crippen LogP contribution in [-0.2, 0) is 14.3 Å². The molecular weight excluding hydrogens is 232 g/mol. The molecule has 0 aliphatic rings. The maximum atomic E-state index is 11.7. The summed E-state index contributed by atoms with van der Waals surface area (Å²) < 4.78 is 10.2. The topological polar surface area (TPSA) is 59.6 Å². The first-order chi connectivity index (χ1) is 8.37. The molecule has 18 heavy (non-hydrogen) atoms. The number of rotatable bonds is 9. The molecule has 0 saturated carbocycles. The summed E-state index contributed by atoms with van der Waals surface area (Å²) in [5.41, 5.74) is -0.184. The van der Waals surface area contributed by atoms with E-state index in [1.807, 2.05) is 27.7 Å². The van der Waals surface area contributed by atoms with Gasteiger partial charge >= 0.3 is 0 Å². The Labute approximate surface area is 111 Å². The summed E-state index contributed by atoms with van der Waals surface area (Å²) in [6.07, 6.45) is 0.886. The Balaban J connectivity index is 3.52. The van der Waals surface area contributed by atoms with Crippen LogP contribution in [0.4, 0.5) is 0 Å². The van der Waals surface area contributed by atoms with Crippen molar-refractivity contribution in [2.45, 2.75) is 45.7 Å². The second-order valence-corrected chi connectivity index (χ2v) is 5.37. The van der Waals surface area contributed by atoms with E-state index < -0.39 is 0 Å². The van der Waals surface area contributed by atoms with Gasteiger partial charge in [-0.1, -0.05) is 0 Å². The van der Waals surface area contributed by atoms with Gasteiger partial charge in [0.1, 0.15) is 0 Å². The SMILES string of the molecule is COCCOCCCNC(C)C(=O)NC(C)(C)C. The molecule has 0 aliphatic carbocycles. The highest BCUT2D eigenvalue weighted by atomic mass is 16.5. The van der Waals surface area contributed by atoms with Crippen LogP contribution < -0.4 is 10.6 Å². The van der Waals surface area contributed by atoms with Crippen LogP contribution in [0.3, 0.4) is 0 Å². The van der Waals surface area contributed by atoms with E-state index >= 15 is 0 Å². The van der Waals surface area contributed by atoms with E-state index in [1.165, 1.54) is 0 Å². The van der Waals surface area contributed by atoms with Crippen molar-refractivity contribution < 1.29 is 14.3 Å². The number of hydrogen-bond donors (Lipinski definition) is 2. The fraction of sp³-hybridized carbons (Fsp3) is 0.923. The van der Waals surface area contributed by atoms with Crippen molar-refractivity contribution in [1.82, 2.24) is 10.6 Å². The molecule has 5 nitrogen and oxygen atoms in total. The summed E-state index contributed by atoms with van der Waals surface area (Å²) >= 11 is 0. The van der Waals surface area contributed by atoms with Crippen LogP contribution >= 0.6 is 0 Å². The average Bonchev–Trinajstić information content (AvgIpc) is 2.25. The third-order valence-electron chi connectivity index (χ3n) is 2.24. The van der Waals surface area contributed by atoms with E-state index in [4.69, 9.17) is 9.47 Å². The second-order valence-electron chi connectivity index (χ2n) is 5.37. The van der Waals surface area contributed by atoms with Crippen molar-refractivity contribution in [3.05, 3.63) is 0 Å². The van der Waals surface area contributed by atoms with Crippen molar-refractivity contribution >= 4 is 5.91 Å². The number of ether oxygens (including phenoxy) is 2. The van der Waals surface area contributed by atoms with Gasteiger partial charge in [0.25, 0.3) is 0 Å². The van der Waals surface area contributed by atoms with Gasteiger partial charge in [-0.05, 0) is 40.7 Å². The van der Waals surface area contributed by atoms with Crippen LogP contribution in [0.1, 0.15) is 34.1 Å². The number of carbonyl (C=O) groups is 1. The van der Waals surface area contributed by atoms with Crippen molar-refractivity contribution in [2.24, 2.45) is 0 Å². The summed E-state index contributed by atoms with van der Waals surface area (Å²) in [6.45, 7) is 10.5. The summed E-state index contributed by atoms with van der Waals surface area (Å²) in [7, 11) is 1.65. The zero-order chi connectivity index (χ0) is 14.0. The zero-order valence-corrected chi connectivity index (χ0v) is 12.3. The molecule has 0 saturated heterocycles. The number of hydrogen-bond acceptors (Lipinski definition) is 4. The average molecular weight is 260 g/mol. The largest absolute Gasteiger partial charge is 0.382 e. The minimum absolute atomic E-state index is 0.0304. The second kappa shape index (κ2) is 9.30. The van der Waals surface area contributed by atoms with Gasteiger partial charge in [0.2, 0.25) is 5.91 Å². The van der Waals surface area contributed by atoms with Gasteiger partial charge < -0.3 is 20.1 Å². The fourth-order valence-corrected chi connectivity index (χ4v) is 1.31. The third-order valence-corrected chi connectivity index (χ3v) is 2.24. The van der Waals surface area contributed by atoms with Gasteiger partial charge in [0.05, 0.1) is 19.3 Å². The molecule has 0 rings (SSSR count). The van der Waals surface area contributed by atoms with E-state index in [9.17, 15) is 4.79 Å². The monoisotopic (exact) mass is 260 g/mol. The smallest absolute Gasteiger partial charge is 0.237 e. The molecule has 0 aromatic rings. The van der Waals surface area contributed by atoms with E-state index in [0.717, 1.165) is 13.0 Å². The van der Waals surface area contributed by atoms with Crippen LogP contribution in [0, 0.1) is 0 Å². The number of amides is 1. The highest BCUT2D eigenvalue weighted by Gasteiger charge is 2.18. The fourth-order valence-electron chi connectivity index (χ4n) is 1.31. The molecule has 0 radical (unpaired) electrons. The highest BCUT2D eigenvalue weighted by Crippen LogP contribution is 1.99. The van der Waals surface area contributed by atoms with Gasteiger partial charge in [-0.15, -0.1) is 0 Å². The van der Waals surface area contributed by atoms with Crippen molar-refractivity contribution in [2.75, 3.05) is 33.5 Å². The molecule has 5 heteroatoms. The first-order valence-electron chi connectivity index (χ1n) is 6.49. The molecule has 0 aliphatic heterocycles. The number of carbonyl (C=O) groups excluding carboxylic acids is 1. The lowest BCUT2D eigenvalue weighted by molar-refractivity contribution is -0.124. The van der Waals surface area contributed by atoms with E-state index in [1.54, 1.807) is 7.11 Å². The first kappa shape index (κ1) is 17.4. The molecule has 0 heterocycles. The molecule has 0 bridgehead atoms. The molecule has 1 amide bonds. The Kier molecular flexibility index (Phi) is 8.97. The Morgan fingerprint density at radius 3 is 2.44 bits per heavy atom. The molecule has 1 atom stereocenters. The van der Waals surface area contributed by atoms with E-state index in [-0.39, 0.29) is 17.5 Å². The zero-order valence-electron chi connectivity index (χ0n) is 12.3. The standard InChI is InChI=1S/C13H28N2O3/c1-11(12(16)15-13(2,3)4)14-7-6-8-18-10-9-17-5/h11,14H,6-10H2,1-5H3,(H,15,16). The van der Waals surface area contributed by atoms with Gasteiger partial charge in [-0.3, -0.25) is 4.79 Å². The van der Waals surface area contributed by atoms with Crippen LogP contribution in [0.15, 0.2) is 0 Å². The van der Waals surface area contributed by atoms with Crippen LogP contribution in [-0.4, -0.2) is 51.0 Å². The number of nitrogens with one attached hydrogen (secondary N) is 2. The normalized spacial score (nSPS) is 13.4. The minimum atomic E-state index is -0.184. The predicted molar refractivity (Wildman–Crippen MR) is 72.7 cm³/mol. The van der Waals surface area contributed by atoms with Gasteiger partial charge in [-0.25, -0.2) is 0 Å². The highest BCUT2D eigenvalue weighted by molar-refractivity contribution is 5.81. The molecular formula is C13H28N2O3. The van der Waals surface area contributed by atoms with E-state index in [2.05, 4.69) is 10.6 Å². The molecule has 0 aromatic carbocycles. The van der Waals surface area contributed by atoms with Crippen molar-refractivity contribution in [1.29, 1.82) is 0 Å². The Bertz CT molecular complexity index is 227. The molecule has 1 unspecified atom stereocenters. The summed E-state index contributed by atoms with van der Waals surface area (Å²) in [6, 6.07) is -0.178. The van der Waals surface area contributed by atoms with Crippen molar-refractivity contribution in [3.63, 3.8) is 0 Å². The van der Waals surface area contributed by atoms with Crippen LogP contribution in [0.5, 0.6) is 0 Å². The maximum absolute atomic E-state index is 11.7. The first-order valence-corrected chi connectivity index (χ1v) is 6.49. The van der Waals surface area contributed by atoms with Crippen LogP contribution in [0.2, 0.25) is 0 Å². The lowest BCUT2D eigenvalue weighted by Gasteiger charge is -2.23. The molecule has 0 fully saturated rings. The minimum Gasteiger partial charge on any atom is -0.382 e. The third kappa shape index (κ3) is 10.5. The lowest BCUT2D eigenvalue weighted by atomic mass is 10.1. The van der Waals surface area contributed by atoms with Crippen LogP contribution in [0.25, 0.3) is 0 Å². The van der Waals surface area contributed by atoms with E-state index in [0.29, 0.717) is 19.8 Å². The molecule has 0 spiro atoms. The summed E-state index contributed by atoms with van der Waals surface area (Å²) in [5.74, 6) is 0.0304. The number of methoxy groups -OCH3 is 1. The van der Waals surface area contributed by atoms with Gasteiger partial charge in [-0.2, -0.15) is 0 Å². The van der Waals surface area contributed by atoms with Gasteiger partial charge in [0, 0.05) is 19.3 Å². The lowest BCUT2D eigenvalue weighted by Crippen LogP contribution is -2.49.